The highest BCUT2D eigenvalue weighted by Gasteiger charge is 2.28. The summed E-state index contributed by atoms with van der Waals surface area (Å²) in [6.07, 6.45) is 0.623. The zero-order chi connectivity index (χ0) is 26.5. The molecule has 0 aliphatic carbocycles. The van der Waals surface area contributed by atoms with E-state index in [1.54, 1.807) is 4.90 Å². The SMILES string of the molecule is CN(C(=O)Cc1ccccc1NS(=O)c1cccc2ccccc12)[C@H](CN1CCC(O)C1)c1ccccc1. The number of hydrogen-bond acceptors (Lipinski definition) is 4. The third kappa shape index (κ3) is 5.96. The zero-order valence-corrected chi connectivity index (χ0v) is 22.3. The van der Waals surface area contributed by atoms with Crippen molar-refractivity contribution in [2.45, 2.75) is 29.9 Å². The summed E-state index contributed by atoms with van der Waals surface area (Å²) in [5, 5.41) is 12.0. The van der Waals surface area contributed by atoms with Gasteiger partial charge in [0.25, 0.3) is 0 Å². The second-order valence-electron chi connectivity index (χ2n) is 9.82. The number of β-amino-alcohol motifs (C(OH)–C–C–N with tert-alkyl or cyclic N) is 1. The molecule has 4 aromatic carbocycles. The molecule has 0 saturated carbocycles. The molecule has 3 atom stereocenters. The van der Waals surface area contributed by atoms with Gasteiger partial charge in [-0.25, -0.2) is 4.21 Å². The number of aliphatic hydroxyl groups excluding tert-OH is 1. The minimum atomic E-state index is -1.50. The van der Waals surface area contributed by atoms with Gasteiger partial charge in [-0.2, -0.15) is 0 Å². The molecular weight excluding hydrogens is 494 g/mol. The topological polar surface area (TPSA) is 72.9 Å². The van der Waals surface area contributed by atoms with Crippen LogP contribution in [0.15, 0.2) is 102 Å². The van der Waals surface area contributed by atoms with Gasteiger partial charge in [-0.3, -0.25) is 9.69 Å². The van der Waals surface area contributed by atoms with Gasteiger partial charge >= 0.3 is 0 Å². The van der Waals surface area contributed by atoms with Crippen molar-refractivity contribution in [3.05, 3.63) is 108 Å². The van der Waals surface area contributed by atoms with Crippen LogP contribution >= 0.6 is 0 Å². The number of carbonyl (C=O) groups is 1. The van der Waals surface area contributed by atoms with E-state index in [2.05, 4.69) is 9.62 Å². The van der Waals surface area contributed by atoms with Crippen molar-refractivity contribution in [1.82, 2.24) is 9.80 Å². The Morgan fingerprint density at radius 3 is 2.50 bits per heavy atom. The molecule has 0 bridgehead atoms. The maximum absolute atomic E-state index is 13.6. The van der Waals surface area contributed by atoms with E-state index in [1.165, 1.54) is 0 Å². The number of anilines is 1. The van der Waals surface area contributed by atoms with Gasteiger partial charge in [0.2, 0.25) is 5.91 Å². The molecule has 0 radical (unpaired) electrons. The van der Waals surface area contributed by atoms with E-state index in [0.29, 0.717) is 23.7 Å². The van der Waals surface area contributed by atoms with E-state index < -0.39 is 11.0 Å². The molecule has 196 valence electrons. The lowest BCUT2D eigenvalue weighted by atomic mass is 10.0. The number of carbonyl (C=O) groups excluding carboxylic acids is 1. The first-order valence-corrected chi connectivity index (χ1v) is 14.1. The van der Waals surface area contributed by atoms with Crippen LogP contribution in [0.5, 0.6) is 0 Å². The number of fused-ring (bicyclic) bond motifs is 1. The van der Waals surface area contributed by atoms with Crippen molar-refractivity contribution in [1.29, 1.82) is 0 Å². The molecule has 1 aliphatic heterocycles. The number of nitrogens with zero attached hydrogens (tertiary/aromatic N) is 2. The number of nitrogens with one attached hydrogen (secondary N) is 1. The van der Waals surface area contributed by atoms with Crippen LogP contribution in [0.4, 0.5) is 5.69 Å². The van der Waals surface area contributed by atoms with Gasteiger partial charge in [-0.15, -0.1) is 0 Å². The Kier molecular flexibility index (Phi) is 8.17. The Bertz CT molecular complexity index is 1420. The van der Waals surface area contributed by atoms with Crippen molar-refractivity contribution in [2.24, 2.45) is 0 Å². The number of benzene rings is 4. The molecule has 5 rings (SSSR count). The quantitative estimate of drug-likeness (QED) is 0.329. The minimum absolute atomic E-state index is 0.0243. The van der Waals surface area contributed by atoms with Crippen LogP contribution in [0.25, 0.3) is 10.8 Å². The highest BCUT2D eigenvalue weighted by molar-refractivity contribution is 7.86. The molecule has 7 heteroatoms. The molecule has 1 fully saturated rings. The predicted octanol–water partition coefficient (Wildman–Crippen LogP) is 4.78. The third-order valence-corrected chi connectivity index (χ3v) is 8.40. The Morgan fingerprint density at radius 2 is 1.71 bits per heavy atom. The number of likely N-dealkylation sites (tertiary alicyclic amines) is 1. The Hall–Kier alpha value is -3.52. The van der Waals surface area contributed by atoms with E-state index in [0.717, 1.165) is 34.9 Å². The van der Waals surface area contributed by atoms with Crippen LogP contribution in [0.1, 0.15) is 23.6 Å². The molecule has 4 aromatic rings. The zero-order valence-electron chi connectivity index (χ0n) is 21.5. The largest absolute Gasteiger partial charge is 0.392 e. The van der Waals surface area contributed by atoms with Gasteiger partial charge in [-0.05, 0) is 40.5 Å². The molecule has 38 heavy (non-hydrogen) atoms. The van der Waals surface area contributed by atoms with E-state index in [1.807, 2.05) is 104 Å². The van der Waals surface area contributed by atoms with Gasteiger partial charge in [0.05, 0.1) is 29.1 Å². The second-order valence-corrected chi connectivity index (χ2v) is 11.0. The lowest BCUT2D eigenvalue weighted by Crippen LogP contribution is -2.39. The fourth-order valence-electron chi connectivity index (χ4n) is 5.10. The Morgan fingerprint density at radius 1 is 1.00 bits per heavy atom. The molecule has 1 heterocycles. The summed E-state index contributed by atoms with van der Waals surface area (Å²) in [5.74, 6) is -0.0243. The van der Waals surface area contributed by atoms with Crippen LogP contribution in [0.3, 0.4) is 0 Å². The van der Waals surface area contributed by atoms with Crippen molar-refractivity contribution < 1.29 is 14.1 Å². The predicted molar refractivity (Wildman–Crippen MR) is 153 cm³/mol. The molecule has 2 unspecified atom stereocenters. The number of amides is 1. The summed E-state index contributed by atoms with van der Waals surface area (Å²) in [4.78, 5) is 18.3. The second kappa shape index (κ2) is 11.9. The molecule has 1 saturated heterocycles. The van der Waals surface area contributed by atoms with Crippen LogP contribution in [0, 0.1) is 0 Å². The van der Waals surface area contributed by atoms with Gasteiger partial charge in [0.15, 0.2) is 11.0 Å². The lowest BCUT2D eigenvalue weighted by Gasteiger charge is -2.32. The minimum Gasteiger partial charge on any atom is -0.392 e. The molecular formula is C31H33N3O3S. The van der Waals surface area contributed by atoms with Gasteiger partial charge in [0, 0.05) is 26.7 Å². The molecule has 2 N–H and O–H groups in total. The average molecular weight is 528 g/mol. The van der Waals surface area contributed by atoms with Crippen LogP contribution in [-0.4, -0.2) is 57.8 Å². The summed E-state index contributed by atoms with van der Waals surface area (Å²) >= 11 is 0. The van der Waals surface area contributed by atoms with Crippen molar-refractivity contribution in [2.75, 3.05) is 31.4 Å². The average Bonchev–Trinajstić information content (AvgIpc) is 3.37. The Balaban J connectivity index is 1.34. The van der Waals surface area contributed by atoms with Crippen molar-refractivity contribution in [3.8, 4) is 0 Å². The standard InChI is InChI=1S/C31H33N3O3S/c1-33(29(24-11-3-2-4-12-24)22-34-19-18-26(35)21-34)31(36)20-25-13-6-8-16-28(25)32-38(37)30-17-9-14-23-10-5-7-15-27(23)30/h2-17,26,29,32,35H,18-22H2,1H3/t26?,29-,38?/m1/s1. The van der Waals surface area contributed by atoms with Crippen molar-refractivity contribution in [3.63, 3.8) is 0 Å². The van der Waals surface area contributed by atoms with Gasteiger partial charge in [0.1, 0.15) is 0 Å². The summed E-state index contributed by atoms with van der Waals surface area (Å²) in [7, 11) is 0.349. The van der Waals surface area contributed by atoms with E-state index in [9.17, 15) is 14.1 Å². The summed E-state index contributed by atoms with van der Waals surface area (Å²) in [5.41, 5.74) is 2.54. The number of aliphatic hydroxyl groups is 1. The number of hydrogen-bond donors (Lipinski definition) is 2. The normalized spacial score (nSPS) is 17.3. The summed E-state index contributed by atoms with van der Waals surface area (Å²) in [6.45, 7) is 2.10. The van der Waals surface area contributed by atoms with E-state index in [-0.39, 0.29) is 24.5 Å². The van der Waals surface area contributed by atoms with E-state index >= 15 is 0 Å². The third-order valence-electron chi connectivity index (χ3n) is 7.23. The monoisotopic (exact) mass is 527 g/mol. The lowest BCUT2D eigenvalue weighted by molar-refractivity contribution is -0.131. The first-order chi connectivity index (χ1) is 18.5. The highest BCUT2D eigenvalue weighted by atomic mass is 32.2. The first-order valence-electron chi connectivity index (χ1n) is 12.9. The van der Waals surface area contributed by atoms with Crippen LogP contribution < -0.4 is 4.72 Å². The fraction of sp³-hybridized carbons (Fsp3) is 0.258. The number of likely N-dealkylation sites (N-methyl/N-ethyl adjacent to an activating group) is 1. The fourth-order valence-corrected chi connectivity index (χ4v) is 6.19. The van der Waals surface area contributed by atoms with E-state index in [4.69, 9.17) is 0 Å². The molecule has 0 aromatic heterocycles. The Labute approximate surface area is 226 Å². The maximum atomic E-state index is 13.6. The molecule has 6 nitrogen and oxygen atoms in total. The van der Waals surface area contributed by atoms with Crippen molar-refractivity contribution >= 4 is 33.4 Å². The van der Waals surface area contributed by atoms with Crippen LogP contribution in [0.2, 0.25) is 0 Å². The van der Waals surface area contributed by atoms with Gasteiger partial charge < -0.3 is 14.7 Å². The summed E-state index contributed by atoms with van der Waals surface area (Å²) < 4.78 is 16.5. The molecule has 0 spiro atoms. The van der Waals surface area contributed by atoms with Gasteiger partial charge in [-0.1, -0.05) is 84.9 Å². The number of rotatable bonds is 9. The first kappa shape index (κ1) is 26.1. The summed E-state index contributed by atoms with van der Waals surface area (Å²) in [6, 6.07) is 31.1. The molecule has 1 amide bonds. The molecule has 1 aliphatic rings. The van der Waals surface area contributed by atoms with Crippen LogP contribution in [-0.2, 0) is 22.2 Å². The number of para-hydroxylation sites is 1. The smallest absolute Gasteiger partial charge is 0.227 e. The highest BCUT2D eigenvalue weighted by Crippen LogP contribution is 2.27. The maximum Gasteiger partial charge on any atom is 0.227 e.